The Bertz CT molecular complexity index is 1580. The Morgan fingerprint density at radius 1 is 0.806 bits per heavy atom. The highest BCUT2D eigenvalue weighted by atomic mass is 16.5. The van der Waals surface area contributed by atoms with Crippen molar-refractivity contribution in [3.05, 3.63) is 118 Å². The van der Waals surface area contributed by atoms with Gasteiger partial charge in [0.05, 0.1) is 12.5 Å². The molecule has 5 aromatic rings. The molecule has 5 rings (SSSR count). The fraction of sp³-hybridized carbons (Fsp3) is 0.0968. The summed E-state index contributed by atoms with van der Waals surface area (Å²) in [4.78, 5) is 26.3. The normalized spacial score (nSPS) is 10.8. The van der Waals surface area contributed by atoms with Crippen molar-refractivity contribution in [2.45, 2.75) is 6.92 Å². The van der Waals surface area contributed by atoms with Crippen LogP contribution >= 0.6 is 0 Å². The molecule has 0 aliphatic heterocycles. The Hall–Kier alpha value is -4.64. The number of fused-ring (bicyclic) bond motifs is 1. The van der Waals surface area contributed by atoms with Gasteiger partial charge in [0.1, 0.15) is 11.3 Å². The predicted octanol–water partition coefficient (Wildman–Crippen LogP) is 6.71. The molecule has 0 spiro atoms. The molecule has 0 saturated carbocycles. The average molecular weight is 477 g/mol. The number of aryl methyl sites for hydroxylation is 1. The lowest BCUT2D eigenvalue weighted by Crippen LogP contribution is -2.17. The van der Waals surface area contributed by atoms with Crippen LogP contribution in [0.4, 0.5) is 0 Å². The van der Waals surface area contributed by atoms with Gasteiger partial charge in [-0.3, -0.25) is 9.59 Å². The number of benzene rings is 4. The van der Waals surface area contributed by atoms with Crippen molar-refractivity contribution >= 4 is 16.8 Å². The van der Waals surface area contributed by atoms with Crippen molar-refractivity contribution in [2.24, 2.45) is 0 Å². The highest BCUT2D eigenvalue weighted by Crippen LogP contribution is 2.32. The zero-order chi connectivity index (χ0) is 25.1. The lowest BCUT2D eigenvalue weighted by atomic mass is 10.0. The van der Waals surface area contributed by atoms with E-state index >= 15 is 0 Å². The molecule has 5 heteroatoms. The van der Waals surface area contributed by atoms with Gasteiger partial charge in [-0.15, -0.1) is 0 Å². The van der Waals surface area contributed by atoms with E-state index in [1.165, 1.54) is 0 Å². The third kappa shape index (κ3) is 4.64. The number of hydrogen-bond donors (Lipinski definition) is 0. The summed E-state index contributed by atoms with van der Waals surface area (Å²) >= 11 is 0. The lowest BCUT2D eigenvalue weighted by molar-refractivity contribution is 0.0920. The predicted molar refractivity (Wildman–Crippen MR) is 141 cm³/mol. The molecular weight excluding hydrogens is 452 g/mol. The quantitative estimate of drug-likeness (QED) is 0.244. The minimum absolute atomic E-state index is 0.00535. The molecule has 0 atom stereocenters. The minimum atomic E-state index is -0.325. The van der Waals surface area contributed by atoms with Crippen LogP contribution in [0.15, 0.2) is 106 Å². The molecule has 1 aromatic heterocycles. The summed E-state index contributed by atoms with van der Waals surface area (Å²) in [5, 5.41) is 0.396. The van der Waals surface area contributed by atoms with E-state index < -0.39 is 0 Å². The van der Waals surface area contributed by atoms with E-state index in [0.29, 0.717) is 27.8 Å². The zero-order valence-electron chi connectivity index (χ0n) is 20.0. The largest absolute Gasteiger partial charge is 0.497 e. The number of Topliss-reactive ketones (excluding diaryl/α,β-unsaturated/α-hetero) is 1. The van der Waals surface area contributed by atoms with E-state index in [2.05, 4.69) is 0 Å². The summed E-state index contributed by atoms with van der Waals surface area (Å²) in [7, 11) is 1.58. The molecule has 0 radical (unpaired) electrons. The molecule has 0 N–H and O–H groups in total. The highest BCUT2D eigenvalue weighted by Gasteiger charge is 2.19. The fourth-order valence-corrected chi connectivity index (χ4v) is 4.05. The van der Waals surface area contributed by atoms with Crippen molar-refractivity contribution in [2.75, 3.05) is 13.7 Å². The van der Waals surface area contributed by atoms with Crippen molar-refractivity contribution < 1.29 is 18.7 Å². The van der Waals surface area contributed by atoms with E-state index in [0.717, 1.165) is 16.7 Å². The minimum Gasteiger partial charge on any atom is -0.497 e. The Kier molecular flexibility index (Phi) is 6.37. The fourth-order valence-electron chi connectivity index (χ4n) is 4.05. The lowest BCUT2D eigenvalue weighted by Gasteiger charge is -2.12. The van der Waals surface area contributed by atoms with Crippen LogP contribution in [0.1, 0.15) is 15.9 Å². The van der Waals surface area contributed by atoms with Gasteiger partial charge in [-0.2, -0.15) is 0 Å². The molecule has 0 aliphatic carbocycles. The maximum Gasteiger partial charge on any atom is 0.235 e. The van der Waals surface area contributed by atoms with Crippen LogP contribution in [0.5, 0.6) is 11.5 Å². The van der Waals surface area contributed by atoms with Crippen LogP contribution in [0.3, 0.4) is 0 Å². The number of carbonyl (C=O) groups excluding carboxylic acids is 1. The average Bonchev–Trinajstić information content (AvgIpc) is 2.92. The summed E-state index contributed by atoms with van der Waals surface area (Å²) in [6.07, 6.45) is 0. The number of rotatable bonds is 7. The summed E-state index contributed by atoms with van der Waals surface area (Å²) in [6, 6.07) is 29.8. The second-order valence-corrected chi connectivity index (χ2v) is 8.47. The molecule has 178 valence electrons. The number of carbonyl (C=O) groups is 1. The SMILES string of the molecule is COc1ccc(-c2oc3cc(C)ccc3c(=O)c2OCC(=O)c2ccc(-c3ccccc3)cc2)cc1. The Balaban J connectivity index is 1.46. The zero-order valence-corrected chi connectivity index (χ0v) is 20.0. The van der Waals surface area contributed by atoms with Gasteiger partial charge in [-0.25, -0.2) is 0 Å². The van der Waals surface area contributed by atoms with Crippen LogP contribution in [0, 0.1) is 6.92 Å². The van der Waals surface area contributed by atoms with Crippen LogP contribution in [0.25, 0.3) is 33.4 Å². The van der Waals surface area contributed by atoms with Gasteiger partial charge in [0.25, 0.3) is 0 Å². The number of methoxy groups -OCH3 is 1. The Morgan fingerprint density at radius 2 is 1.47 bits per heavy atom. The van der Waals surface area contributed by atoms with E-state index in [9.17, 15) is 9.59 Å². The third-order valence-electron chi connectivity index (χ3n) is 6.02. The highest BCUT2D eigenvalue weighted by molar-refractivity contribution is 5.97. The maximum absolute atomic E-state index is 13.4. The first-order valence-corrected chi connectivity index (χ1v) is 11.6. The Labute approximate surface area is 208 Å². The summed E-state index contributed by atoms with van der Waals surface area (Å²) in [5.74, 6) is 0.715. The molecule has 36 heavy (non-hydrogen) atoms. The second-order valence-electron chi connectivity index (χ2n) is 8.47. The molecule has 0 amide bonds. The van der Waals surface area contributed by atoms with Gasteiger partial charge in [0.15, 0.2) is 18.2 Å². The first-order valence-electron chi connectivity index (χ1n) is 11.6. The molecule has 0 bridgehead atoms. The van der Waals surface area contributed by atoms with Gasteiger partial charge in [-0.1, -0.05) is 60.7 Å². The third-order valence-corrected chi connectivity index (χ3v) is 6.02. The topological polar surface area (TPSA) is 65.7 Å². The Morgan fingerprint density at radius 3 is 2.17 bits per heavy atom. The monoisotopic (exact) mass is 476 g/mol. The first-order chi connectivity index (χ1) is 17.5. The second kappa shape index (κ2) is 9.92. The molecule has 5 nitrogen and oxygen atoms in total. The van der Waals surface area contributed by atoms with E-state index in [1.54, 1.807) is 49.6 Å². The van der Waals surface area contributed by atoms with Gasteiger partial charge in [0, 0.05) is 11.1 Å². The summed E-state index contributed by atoms with van der Waals surface area (Å²) in [5.41, 5.74) is 4.33. The standard InChI is InChI=1S/C31H24O5/c1-20-8-17-26-28(18-20)36-30(24-13-15-25(34-2)16-14-24)31(29(26)33)35-19-27(32)23-11-9-22(10-12-23)21-6-4-3-5-7-21/h3-18H,19H2,1-2H3. The van der Waals surface area contributed by atoms with Crippen LogP contribution in [-0.4, -0.2) is 19.5 Å². The number of ketones is 1. The number of hydrogen-bond acceptors (Lipinski definition) is 5. The molecule has 0 saturated heterocycles. The van der Waals surface area contributed by atoms with Gasteiger partial charge < -0.3 is 13.9 Å². The van der Waals surface area contributed by atoms with Crippen molar-refractivity contribution in [3.8, 4) is 33.9 Å². The smallest absolute Gasteiger partial charge is 0.235 e. The molecule has 0 fully saturated rings. The van der Waals surface area contributed by atoms with Crippen LogP contribution in [-0.2, 0) is 0 Å². The molecule has 0 aliphatic rings. The van der Waals surface area contributed by atoms with E-state index in [4.69, 9.17) is 13.9 Å². The van der Waals surface area contributed by atoms with E-state index in [-0.39, 0.29) is 29.3 Å². The van der Waals surface area contributed by atoms with Gasteiger partial charge in [0.2, 0.25) is 11.2 Å². The molecule has 1 heterocycles. The number of ether oxygens (including phenoxy) is 2. The van der Waals surface area contributed by atoms with Crippen molar-refractivity contribution in [3.63, 3.8) is 0 Å². The van der Waals surface area contributed by atoms with Crippen molar-refractivity contribution in [1.29, 1.82) is 0 Å². The summed E-state index contributed by atoms with van der Waals surface area (Å²) in [6.45, 7) is 1.63. The molecule has 0 unspecified atom stereocenters. The first kappa shape index (κ1) is 23.1. The van der Waals surface area contributed by atoms with Crippen LogP contribution in [0.2, 0.25) is 0 Å². The van der Waals surface area contributed by atoms with E-state index in [1.807, 2.05) is 61.5 Å². The molecule has 4 aromatic carbocycles. The maximum atomic E-state index is 13.4. The van der Waals surface area contributed by atoms with Gasteiger partial charge in [-0.05, 0) is 60.0 Å². The molecular formula is C31H24O5. The van der Waals surface area contributed by atoms with Crippen molar-refractivity contribution in [1.82, 2.24) is 0 Å². The van der Waals surface area contributed by atoms with Crippen LogP contribution < -0.4 is 14.9 Å². The summed E-state index contributed by atoms with van der Waals surface area (Å²) < 4.78 is 17.2. The van der Waals surface area contributed by atoms with Gasteiger partial charge >= 0.3 is 0 Å².